The summed E-state index contributed by atoms with van der Waals surface area (Å²) in [4.78, 5) is 20.3. The van der Waals surface area contributed by atoms with E-state index in [2.05, 4.69) is 4.90 Å². The lowest BCUT2D eigenvalue weighted by Crippen LogP contribution is -2.18. The molecule has 2 aromatic rings. The molecular weight excluding hydrogens is 337 g/mol. The Hall–Kier alpha value is -2.03. The highest BCUT2D eigenvalue weighted by molar-refractivity contribution is 7.17. The summed E-state index contributed by atoms with van der Waals surface area (Å²) in [6.45, 7) is 2.15. The van der Waals surface area contributed by atoms with Gasteiger partial charge in [-0.3, -0.25) is 0 Å². The summed E-state index contributed by atoms with van der Waals surface area (Å²) in [7, 11) is 4.01. The van der Waals surface area contributed by atoms with Gasteiger partial charge in [-0.25, -0.2) is 14.0 Å². The van der Waals surface area contributed by atoms with Gasteiger partial charge in [-0.15, -0.1) is 11.3 Å². The van der Waals surface area contributed by atoms with E-state index in [0.29, 0.717) is 19.6 Å². The van der Waals surface area contributed by atoms with Crippen LogP contribution >= 0.6 is 11.3 Å². The maximum Gasteiger partial charge on any atom is 0.414 e. The zero-order valence-corrected chi connectivity index (χ0v) is 14.3. The monoisotopic (exact) mass is 357 g/mol. The Labute approximate surface area is 143 Å². The Morgan fingerprint density at radius 3 is 2.42 bits per heavy atom. The van der Waals surface area contributed by atoms with Crippen LogP contribution in [0.4, 0.5) is 4.39 Å². The Kier molecular flexibility index (Phi) is 8.31. The molecule has 2 N–H and O–H groups in total. The number of halogens is 1. The summed E-state index contributed by atoms with van der Waals surface area (Å²) < 4.78 is 20.6. The Morgan fingerprint density at radius 2 is 1.83 bits per heavy atom. The first-order chi connectivity index (χ1) is 11.3. The van der Waals surface area contributed by atoms with Crippen molar-refractivity contribution < 1.29 is 28.9 Å². The van der Waals surface area contributed by atoms with Crippen LogP contribution in [-0.2, 0) is 20.7 Å². The van der Waals surface area contributed by atoms with Gasteiger partial charge >= 0.3 is 11.9 Å². The molecule has 132 valence electrons. The highest BCUT2D eigenvalue weighted by Gasteiger charge is 2.08. The highest BCUT2D eigenvalue weighted by Crippen LogP contribution is 2.25. The number of thiophene rings is 1. The van der Waals surface area contributed by atoms with Gasteiger partial charge in [0.2, 0.25) is 0 Å². The molecular formula is C16H20FNO5S. The molecule has 0 saturated heterocycles. The summed E-state index contributed by atoms with van der Waals surface area (Å²) >= 11 is 1.57. The predicted molar refractivity (Wildman–Crippen MR) is 90.1 cm³/mol. The molecule has 1 aromatic heterocycles. The molecule has 0 saturated carbocycles. The minimum Gasteiger partial charge on any atom is -0.473 e. The van der Waals surface area contributed by atoms with Crippen molar-refractivity contribution in [3.63, 3.8) is 0 Å². The van der Waals surface area contributed by atoms with Crippen molar-refractivity contribution in [3.05, 3.63) is 35.0 Å². The smallest absolute Gasteiger partial charge is 0.414 e. The van der Waals surface area contributed by atoms with Crippen molar-refractivity contribution in [2.24, 2.45) is 0 Å². The SMILES string of the molecule is CN(C)CCOCCc1ccc2sccc2c1F.O=C(O)C(=O)O. The van der Waals surface area contributed by atoms with Gasteiger partial charge in [-0.2, -0.15) is 0 Å². The number of carboxylic acid groups (broad SMARTS) is 2. The molecule has 0 amide bonds. The summed E-state index contributed by atoms with van der Waals surface area (Å²) in [5, 5.41) is 17.4. The Morgan fingerprint density at radius 1 is 1.17 bits per heavy atom. The lowest BCUT2D eigenvalue weighted by molar-refractivity contribution is -0.159. The third-order valence-corrected chi connectivity index (χ3v) is 3.91. The van der Waals surface area contributed by atoms with E-state index in [1.165, 1.54) is 0 Å². The maximum atomic E-state index is 14.1. The number of benzene rings is 1. The molecule has 6 nitrogen and oxygen atoms in total. The molecule has 1 aromatic carbocycles. The van der Waals surface area contributed by atoms with E-state index in [-0.39, 0.29) is 5.82 Å². The van der Waals surface area contributed by atoms with Crippen LogP contribution in [0.3, 0.4) is 0 Å². The summed E-state index contributed by atoms with van der Waals surface area (Å²) in [6, 6.07) is 5.69. The first-order valence-electron chi connectivity index (χ1n) is 7.16. The predicted octanol–water partition coefficient (Wildman–Crippen LogP) is 2.32. The van der Waals surface area contributed by atoms with Crippen LogP contribution in [0.15, 0.2) is 23.6 Å². The van der Waals surface area contributed by atoms with Gasteiger partial charge in [-0.05, 0) is 43.6 Å². The number of fused-ring (bicyclic) bond motifs is 1. The van der Waals surface area contributed by atoms with Crippen molar-refractivity contribution in [2.45, 2.75) is 6.42 Å². The van der Waals surface area contributed by atoms with Crippen molar-refractivity contribution >= 4 is 33.4 Å². The van der Waals surface area contributed by atoms with Crippen LogP contribution in [0, 0.1) is 5.82 Å². The average Bonchev–Trinajstić information content (AvgIpc) is 2.98. The van der Waals surface area contributed by atoms with Crippen LogP contribution in [0.5, 0.6) is 0 Å². The van der Waals surface area contributed by atoms with E-state index in [0.717, 1.165) is 22.2 Å². The molecule has 0 aliphatic rings. The van der Waals surface area contributed by atoms with E-state index >= 15 is 0 Å². The molecule has 2 rings (SSSR count). The molecule has 1 heterocycles. The van der Waals surface area contributed by atoms with E-state index in [4.69, 9.17) is 24.5 Å². The van der Waals surface area contributed by atoms with E-state index in [9.17, 15) is 4.39 Å². The number of likely N-dealkylation sites (N-methyl/N-ethyl adjacent to an activating group) is 1. The van der Waals surface area contributed by atoms with Crippen molar-refractivity contribution in [2.75, 3.05) is 33.9 Å². The molecule has 0 bridgehead atoms. The van der Waals surface area contributed by atoms with Crippen molar-refractivity contribution in [1.29, 1.82) is 0 Å². The first kappa shape index (κ1) is 20.0. The van der Waals surface area contributed by atoms with Gasteiger partial charge in [0.05, 0.1) is 13.2 Å². The van der Waals surface area contributed by atoms with Crippen molar-refractivity contribution in [3.8, 4) is 0 Å². The molecule has 24 heavy (non-hydrogen) atoms. The standard InChI is InChI=1S/C14H18FNOS.C2H2O4/c1-16(2)7-9-17-8-5-11-3-4-13-12(14(11)15)6-10-18-13;3-1(4)2(5)6/h3-4,6,10H,5,7-9H2,1-2H3;(H,3,4)(H,5,6). The van der Waals surface area contributed by atoms with Gasteiger partial charge in [0.25, 0.3) is 0 Å². The van der Waals surface area contributed by atoms with E-state index in [1.54, 1.807) is 11.3 Å². The van der Waals surface area contributed by atoms with Crippen LogP contribution in [0.2, 0.25) is 0 Å². The van der Waals surface area contributed by atoms with E-state index < -0.39 is 11.9 Å². The first-order valence-corrected chi connectivity index (χ1v) is 8.04. The number of carbonyl (C=O) groups is 2. The highest BCUT2D eigenvalue weighted by atomic mass is 32.1. The second-order valence-corrected chi connectivity index (χ2v) is 6.09. The largest absolute Gasteiger partial charge is 0.473 e. The number of hydrogen-bond donors (Lipinski definition) is 2. The molecule has 0 spiro atoms. The topological polar surface area (TPSA) is 87.1 Å². The number of hydrogen-bond acceptors (Lipinski definition) is 5. The number of carboxylic acids is 2. The molecule has 0 fully saturated rings. The van der Waals surface area contributed by atoms with Gasteiger partial charge in [0.1, 0.15) is 5.82 Å². The molecule has 0 aliphatic carbocycles. The fourth-order valence-corrected chi connectivity index (χ4v) is 2.56. The summed E-state index contributed by atoms with van der Waals surface area (Å²) in [5.74, 6) is -3.74. The molecule has 8 heteroatoms. The normalized spacial score (nSPS) is 10.5. The van der Waals surface area contributed by atoms with Gasteiger partial charge in [0, 0.05) is 16.6 Å². The molecule has 0 unspecified atom stereocenters. The lowest BCUT2D eigenvalue weighted by atomic mass is 10.1. The van der Waals surface area contributed by atoms with Crippen LogP contribution < -0.4 is 0 Å². The van der Waals surface area contributed by atoms with E-state index in [1.807, 2.05) is 37.7 Å². The maximum absolute atomic E-state index is 14.1. The Balaban J connectivity index is 0.000000413. The molecule has 0 radical (unpaired) electrons. The zero-order valence-electron chi connectivity index (χ0n) is 13.5. The van der Waals surface area contributed by atoms with Gasteiger partial charge in [-0.1, -0.05) is 6.07 Å². The molecule has 0 aliphatic heterocycles. The minimum atomic E-state index is -1.82. The summed E-state index contributed by atoms with van der Waals surface area (Å²) in [5.41, 5.74) is 0.741. The second kappa shape index (κ2) is 9.96. The number of ether oxygens (including phenoxy) is 1. The fraction of sp³-hybridized carbons (Fsp3) is 0.375. The zero-order chi connectivity index (χ0) is 18.1. The van der Waals surface area contributed by atoms with Gasteiger partial charge < -0.3 is 19.8 Å². The van der Waals surface area contributed by atoms with Crippen LogP contribution in [0.25, 0.3) is 10.1 Å². The number of nitrogens with zero attached hydrogens (tertiary/aromatic N) is 1. The molecule has 0 atom stereocenters. The number of rotatable bonds is 6. The minimum absolute atomic E-state index is 0.0926. The third-order valence-electron chi connectivity index (χ3n) is 3.03. The second-order valence-electron chi connectivity index (χ2n) is 5.15. The lowest BCUT2D eigenvalue weighted by Gasteiger charge is -2.10. The quantitative estimate of drug-likeness (QED) is 0.609. The van der Waals surface area contributed by atoms with Gasteiger partial charge in [0.15, 0.2) is 0 Å². The van der Waals surface area contributed by atoms with Crippen LogP contribution in [0.1, 0.15) is 5.56 Å². The average molecular weight is 357 g/mol. The Bertz CT molecular complexity index is 674. The van der Waals surface area contributed by atoms with Crippen molar-refractivity contribution in [1.82, 2.24) is 4.90 Å². The fourth-order valence-electron chi connectivity index (χ4n) is 1.78. The third kappa shape index (κ3) is 6.61. The van der Waals surface area contributed by atoms with Crippen LogP contribution in [-0.4, -0.2) is 60.9 Å². The number of aliphatic carboxylic acids is 2. The summed E-state index contributed by atoms with van der Waals surface area (Å²) in [6.07, 6.45) is 0.630.